The second-order valence-corrected chi connectivity index (χ2v) is 5.75. The van der Waals surface area contributed by atoms with E-state index in [1.807, 2.05) is 0 Å². The first-order chi connectivity index (χ1) is 6.62. The van der Waals surface area contributed by atoms with Crippen molar-refractivity contribution in [2.75, 3.05) is 6.54 Å². The lowest BCUT2D eigenvalue weighted by atomic mass is 10.1. The van der Waals surface area contributed by atoms with Crippen molar-refractivity contribution in [2.45, 2.75) is 39.2 Å². The second-order valence-electron chi connectivity index (χ2n) is 4.25. The van der Waals surface area contributed by atoms with Gasteiger partial charge in [-0.25, -0.2) is 4.72 Å². The molecule has 0 rings (SSSR count). The molecule has 0 amide bonds. The van der Waals surface area contributed by atoms with Gasteiger partial charge in [0.05, 0.1) is 0 Å². The van der Waals surface area contributed by atoms with Gasteiger partial charge in [-0.15, -0.1) is 0 Å². The number of rotatable bonds is 6. The summed E-state index contributed by atoms with van der Waals surface area (Å²) in [4.78, 5) is 10.2. The number of carbonyl (C=O) groups is 1. The molecule has 0 aromatic heterocycles. The van der Waals surface area contributed by atoms with Crippen LogP contribution in [-0.2, 0) is 15.0 Å². The minimum absolute atomic E-state index is 0.0436. The third-order valence-corrected chi connectivity index (χ3v) is 2.77. The normalized spacial score (nSPS) is 12.7. The van der Waals surface area contributed by atoms with Crippen LogP contribution >= 0.6 is 0 Å². The molecule has 0 aliphatic rings. The summed E-state index contributed by atoms with van der Waals surface area (Å²) in [6.07, 6.45) is 0.235. The highest BCUT2D eigenvalue weighted by Crippen LogP contribution is 2.00. The first-order valence-electron chi connectivity index (χ1n) is 4.63. The van der Waals surface area contributed by atoms with Gasteiger partial charge in [0, 0.05) is 18.5 Å². The highest BCUT2D eigenvalue weighted by molar-refractivity contribution is 7.87. The van der Waals surface area contributed by atoms with Crippen LogP contribution in [0.15, 0.2) is 0 Å². The number of hydrogen-bond donors (Lipinski definition) is 3. The molecule has 90 valence electrons. The fourth-order valence-electron chi connectivity index (χ4n) is 0.885. The number of aliphatic carboxylic acids is 1. The topological polar surface area (TPSA) is 95.5 Å². The Hall–Kier alpha value is -0.660. The fraction of sp³-hybridized carbons (Fsp3) is 0.875. The minimum atomic E-state index is -3.53. The maximum atomic E-state index is 11.3. The number of carboxylic acids is 1. The molecule has 3 N–H and O–H groups in total. The van der Waals surface area contributed by atoms with Crippen LogP contribution in [-0.4, -0.2) is 31.6 Å². The van der Waals surface area contributed by atoms with Crippen molar-refractivity contribution < 1.29 is 18.3 Å². The maximum Gasteiger partial charge on any atom is 0.303 e. The van der Waals surface area contributed by atoms with Gasteiger partial charge in [-0.1, -0.05) is 0 Å². The van der Waals surface area contributed by atoms with E-state index in [4.69, 9.17) is 5.11 Å². The van der Waals surface area contributed by atoms with Crippen LogP contribution in [0.1, 0.15) is 33.6 Å². The van der Waals surface area contributed by atoms with Crippen LogP contribution < -0.4 is 9.44 Å². The van der Waals surface area contributed by atoms with E-state index >= 15 is 0 Å². The minimum Gasteiger partial charge on any atom is -0.481 e. The number of nitrogens with one attached hydrogen (secondary N) is 2. The molecule has 0 unspecified atom stereocenters. The monoisotopic (exact) mass is 238 g/mol. The molecule has 0 atom stereocenters. The van der Waals surface area contributed by atoms with Gasteiger partial charge in [0.15, 0.2) is 0 Å². The Balaban J connectivity index is 3.91. The summed E-state index contributed by atoms with van der Waals surface area (Å²) in [7, 11) is -3.53. The Morgan fingerprint density at radius 2 is 1.87 bits per heavy atom. The van der Waals surface area contributed by atoms with Gasteiger partial charge in [0.25, 0.3) is 10.2 Å². The van der Waals surface area contributed by atoms with Crippen molar-refractivity contribution >= 4 is 16.2 Å². The van der Waals surface area contributed by atoms with E-state index in [1.165, 1.54) is 0 Å². The Morgan fingerprint density at radius 1 is 1.33 bits per heavy atom. The zero-order valence-electron chi connectivity index (χ0n) is 9.20. The lowest BCUT2D eigenvalue weighted by Gasteiger charge is -2.20. The highest BCUT2D eigenvalue weighted by atomic mass is 32.2. The molecule has 0 spiro atoms. The summed E-state index contributed by atoms with van der Waals surface area (Å²) in [5, 5.41) is 8.34. The molecule has 0 heterocycles. The van der Waals surface area contributed by atoms with E-state index in [0.717, 1.165) is 0 Å². The van der Waals surface area contributed by atoms with Crippen molar-refractivity contribution in [3.63, 3.8) is 0 Å². The van der Waals surface area contributed by atoms with Crippen LogP contribution in [0.25, 0.3) is 0 Å². The number of hydrogen-bond acceptors (Lipinski definition) is 3. The molecule has 0 fully saturated rings. The Labute approximate surface area is 90.2 Å². The molecule has 0 aliphatic carbocycles. The van der Waals surface area contributed by atoms with Gasteiger partial charge in [-0.05, 0) is 27.2 Å². The van der Waals surface area contributed by atoms with E-state index in [2.05, 4.69) is 9.44 Å². The molecule has 7 heteroatoms. The van der Waals surface area contributed by atoms with Gasteiger partial charge < -0.3 is 5.11 Å². The summed E-state index contributed by atoms with van der Waals surface area (Å²) in [6, 6.07) is 0. The zero-order valence-corrected chi connectivity index (χ0v) is 10.0. The molecule has 0 aromatic carbocycles. The van der Waals surface area contributed by atoms with Gasteiger partial charge in [-0.3, -0.25) is 4.79 Å². The van der Waals surface area contributed by atoms with E-state index in [1.54, 1.807) is 20.8 Å². The summed E-state index contributed by atoms with van der Waals surface area (Å²) in [5.74, 6) is -0.932. The molecule has 0 saturated heterocycles. The van der Waals surface area contributed by atoms with Crippen LogP contribution in [0.4, 0.5) is 0 Å². The molecular weight excluding hydrogens is 220 g/mol. The Morgan fingerprint density at radius 3 is 2.27 bits per heavy atom. The summed E-state index contributed by atoms with van der Waals surface area (Å²) < 4.78 is 27.3. The van der Waals surface area contributed by atoms with E-state index in [0.29, 0.717) is 0 Å². The van der Waals surface area contributed by atoms with Crippen molar-refractivity contribution in [1.82, 2.24) is 9.44 Å². The first-order valence-corrected chi connectivity index (χ1v) is 6.11. The van der Waals surface area contributed by atoms with Crippen molar-refractivity contribution in [2.24, 2.45) is 0 Å². The zero-order chi connectivity index (χ0) is 12.1. The Kier molecular flexibility index (Phi) is 5.19. The van der Waals surface area contributed by atoms with Crippen LogP contribution in [0, 0.1) is 0 Å². The molecule has 0 saturated carbocycles. The molecule has 0 aliphatic heterocycles. The summed E-state index contributed by atoms with van der Waals surface area (Å²) in [6.45, 7) is 5.30. The predicted molar refractivity (Wildman–Crippen MR) is 56.7 cm³/mol. The summed E-state index contributed by atoms with van der Waals surface area (Å²) in [5.41, 5.74) is -0.543. The molecule has 15 heavy (non-hydrogen) atoms. The molecular formula is C8H18N2O4S. The average molecular weight is 238 g/mol. The second kappa shape index (κ2) is 5.43. The smallest absolute Gasteiger partial charge is 0.303 e. The predicted octanol–water partition coefficient (Wildman–Crippen LogP) is 0.0737. The molecule has 0 aromatic rings. The van der Waals surface area contributed by atoms with Crippen LogP contribution in [0.5, 0.6) is 0 Å². The SMILES string of the molecule is CC(C)(C)NS(=O)(=O)NCCCC(=O)O. The quantitative estimate of drug-likeness (QED) is 0.571. The largest absolute Gasteiger partial charge is 0.481 e. The van der Waals surface area contributed by atoms with Gasteiger partial charge >= 0.3 is 5.97 Å². The van der Waals surface area contributed by atoms with E-state index < -0.39 is 21.7 Å². The lowest BCUT2D eigenvalue weighted by Crippen LogP contribution is -2.47. The third-order valence-electron chi connectivity index (χ3n) is 1.30. The molecule has 0 radical (unpaired) electrons. The van der Waals surface area contributed by atoms with E-state index in [-0.39, 0.29) is 19.4 Å². The fourth-order valence-corrected chi connectivity index (χ4v) is 2.18. The molecule has 0 bridgehead atoms. The van der Waals surface area contributed by atoms with Crippen molar-refractivity contribution in [1.29, 1.82) is 0 Å². The number of carboxylic acid groups (broad SMARTS) is 1. The first kappa shape index (κ1) is 14.3. The third kappa shape index (κ3) is 9.64. The molecule has 6 nitrogen and oxygen atoms in total. The van der Waals surface area contributed by atoms with Gasteiger partial charge in [0.1, 0.15) is 0 Å². The Bertz CT molecular complexity index is 305. The van der Waals surface area contributed by atoms with Gasteiger partial charge in [0.2, 0.25) is 0 Å². The maximum absolute atomic E-state index is 11.3. The summed E-state index contributed by atoms with van der Waals surface area (Å²) >= 11 is 0. The average Bonchev–Trinajstić information content (AvgIpc) is 1.93. The highest BCUT2D eigenvalue weighted by Gasteiger charge is 2.18. The van der Waals surface area contributed by atoms with Crippen LogP contribution in [0.2, 0.25) is 0 Å². The van der Waals surface area contributed by atoms with Crippen molar-refractivity contribution in [3.8, 4) is 0 Å². The van der Waals surface area contributed by atoms with E-state index in [9.17, 15) is 13.2 Å². The van der Waals surface area contributed by atoms with Gasteiger partial charge in [-0.2, -0.15) is 13.1 Å². The van der Waals surface area contributed by atoms with Crippen molar-refractivity contribution in [3.05, 3.63) is 0 Å². The standard InChI is InChI=1S/C8H18N2O4S/c1-8(2,3)10-15(13,14)9-6-4-5-7(11)12/h9-10H,4-6H2,1-3H3,(H,11,12). The lowest BCUT2D eigenvalue weighted by molar-refractivity contribution is -0.137. The van der Waals surface area contributed by atoms with Crippen LogP contribution in [0.3, 0.4) is 0 Å².